The van der Waals surface area contributed by atoms with Crippen LogP contribution in [0.3, 0.4) is 0 Å². The van der Waals surface area contributed by atoms with E-state index in [9.17, 15) is 4.79 Å². The molecule has 2 aliphatic rings. The molecule has 4 heteroatoms. The molecule has 1 saturated heterocycles. The molecule has 2 rings (SSSR count). The first-order valence-corrected chi connectivity index (χ1v) is 5.43. The first-order valence-electron chi connectivity index (χ1n) is 5.43. The minimum absolute atomic E-state index is 0.0570. The van der Waals surface area contributed by atoms with Crippen LogP contribution in [-0.4, -0.2) is 30.7 Å². The van der Waals surface area contributed by atoms with E-state index >= 15 is 0 Å². The molecular formula is C10H18N2O2. The zero-order chi connectivity index (χ0) is 9.97. The predicted octanol–water partition coefficient (Wildman–Crippen LogP) is 0.161. The monoisotopic (exact) mass is 198 g/mol. The molecule has 1 aliphatic heterocycles. The van der Waals surface area contributed by atoms with Crippen molar-refractivity contribution in [1.82, 2.24) is 5.32 Å². The highest BCUT2D eigenvalue weighted by atomic mass is 16.5. The molecule has 0 aromatic carbocycles. The molecule has 2 fully saturated rings. The number of ether oxygens (including phenoxy) is 1. The molecule has 0 bridgehead atoms. The number of hydrogen-bond acceptors (Lipinski definition) is 3. The average Bonchev–Trinajstić information content (AvgIpc) is 2.17. The SMILES string of the molecule is NC1CC(NC(=O)C2CCCCO2)C1. The Hall–Kier alpha value is -0.610. The van der Waals surface area contributed by atoms with Crippen LogP contribution in [0.4, 0.5) is 0 Å². The smallest absolute Gasteiger partial charge is 0.249 e. The molecule has 1 atom stereocenters. The lowest BCUT2D eigenvalue weighted by Gasteiger charge is -2.34. The number of hydrogen-bond donors (Lipinski definition) is 2. The van der Waals surface area contributed by atoms with E-state index in [-0.39, 0.29) is 18.1 Å². The van der Waals surface area contributed by atoms with Gasteiger partial charge in [0.1, 0.15) is 6.10 Å². The van der Waals surface area contributed by atoms with Crippen LogP contribution in [0, 0.1) is 0 Å². The Kier molecular flexibility index (Phi) is 3.03. The van der Waals surface area contributed by atoms with Crippen LogP contribution in [0.25, 0.3) is 0 Å². The Balaban J connectivity index is 1.71. The Morgan fingerprint density at radius 2 is 2.14 bits per heavy atom. The molecule has 0 aromatic heterocycles. The van der Waals surface area contributed by atoms with E-state index in [4.69, 9.17) is 10.5 Å². The van der Waals surface area contributed by atoms with Crippen LogP contribution in [0.1, 0.15) is 32.1 Å². The van der Waals surface area contributed by atoms with E-state index in [2.05, 4.69) is 5.32 Å². The Morgan fingerprint density at radius 1 is 1.36 bits per heavy atom. The van der Waals surface area contributed by atoms with Gasteiger partial charge in [0.2, 0.25) is 5.91 Å². The van der Waals surface area contributed by atoms with E-state index in [0.717, 1.165) is 38.7 Å². The van der Waals surface area contributed by atoms with Gasteiger partial charge in [0.25, 0.3) is 0 Å². The summed E-state index contributed by atoms with van der Waals surface area (Å²) in [5, 5.41) is 2.97. The van der Waals surface area contributed by atoms with E-state index in [1.807, 2.05) is 0 Å². The highest BCUT2D eigenvalue weighted by Crippen LogP contribution is 2.19. The van der Waals surface area contributed by atoms with E-state index in [1.165, 1.54) is 0 Å². The number of amides is 1. The van der Waals surface area contributed by atoms with Gasteiger partial charge in [-0.05, 0) is 32.1 Å². The predicted molar refractivity (Wildman–Crippen MR) is 52.7 cm³/mol. The van der Waals surface area contributed by atoms with Gasteiger partial charge >= 0.3 is 0 Å². The normalized spacial score (nSPS) is 37.4. The second-order valence-corrected chi connectivity index (χ2v) is 4.29. The molecule has 1 aliphatic carbocycles. The minimum Gasteiger partial charge on any atom is -0.368 e. The van der Waals surface area contributed by atoms with Crippen molar-refractivity contribution in [2.24, 2.45) is 5.73 Å². The quantitative estimate of drug-likeness (QED) is 0.664. The molecular weight excluding hydrogens is 180 g/mol. The molecule has 1 heterocycles. The minimum atomic E-state index is -0.208. The lowest BCUT2D eigenvalue weighted by Crippen LogP contribution is -2.53. The van der Waals surface area contributed by atoms with Crippen LogP contribution in [0.5, 0.6) is 0 Å². The maximum atomic E-state index is 11.6. The van der Waals surface area contributed by atoms with Crippen LogP contribution in [0.15, 0.2) is 0 Å². The molecule has 1 unspecified atom stereocenters. The fraction of sp³-hybridized carbons (Fsp3) is 0.900. The third kappa shape index (κ3) is 2.25. The fourth-order valence-corrected chi connectivity index (χ4v) is 2.02. The third-order valence-corrected chi connectivity index (χ3v) is 2.99. The first-order chi connectivity index (χ1) is 6.75. The number of carbonyl (C=O) groups excluding carboxylic acids is 1. The molecule has 0 radical (unpaired) electrons. The van der Waals surface area contributed by atoms with Gasteiger partial charge in [-0.25, -0.2) is 0 Å². The van der Waals surface area contributed by atoms with Crippen molar-refractivity contribution >= 4 is 5.91 Å². The fourth-order valence-electron chi connectivity index (χ4n) is 2.02. The molecule has 0 spiro atoms. The summed E-state index contributed by atoms with van der Waals surface area (Å²) >= 11 is 0. The third-order valence-electron chi connectivity index (χ3n) is 2.99. The van der Waals surface area contributed by atoms with Crippen molar-refractivity contribution in [2.75, 3.05) is 6.61 Å². The number of nitrogens with one attached hydrogen (secondary N) is 1. The van der Waals surface area contributed by atoms with E-state index in [0.29, 0.717) is 6.04 Å². The summed E-state index contributed by atoms with van der Waals surface area (Å²) in [7, 11) is 0. The summed E-state index contributed by atoms with van der Waals surface area (Å²) in [6.45, 7) is 0.724. The average molecular weight is 198 g/mol. The van der Waals surface area contributed by atoms with Crippen molar-refractivity contribution in [3.8, 4) is 0 Å². The molecule has 1 saturated carbocycles. The van der Waals surface area contributed by atoms with Crippen LogP contribution >= 0.6 is 0 Å². The van der Waals surface area contributed by atoms with Crippen molar-refractivity contribution < 1.29 is 9.53 Å². The van der Waals surface area contributed by atoms with Crippen molar-refractivity contribution in [2.45, 2.75) is 50.3 Å². The second-order valence-electron chi connectivity index (χ2n) is 4.29. The Bertz CT molecular complexity index is 208. The van der Waals surface area contributed by atoms with E-state index in [1.54, 1.807) is 0 Å². The van der Waals surface area contributed by atoms with Crippen molar-refractivity contribution in [3.05, 3.63) is 0 Å². The molecule has 14 heavy (non-hydrogen) atoms. The number of carbonyl (C=O) groups is 1. The summed E-state index contributed by atoms with van der Waals surface area (Å²) in [6, 6.07) is 0.579. The summed E-state index contributed by atoms with van der Waals surface area (Å²) in [6.07, 6.45) is 4.67. The van der Waals surface area contributed by atoms with Crippen LogP contribution < -0.4 is 11.1 Å². The van der Waals surface area contributed by atoms with Crippen LogP contribution in [0.2, 0.25) is 0 Å². The number of rotatable bonds is 2. The molecule has 1 amide bonds. The van der Waals surface area contributed by atoms with Gasteiger partial charge in [-0.2, -0.15) is 0 Å². The zero-order valence-electron chi connectivity index (χ0n) is 8.37. The largest absolute Gasteiger partial charge is 0.368 e. The topological polar surface area (TPSA) is 64.3 Å². The summed E-state index contributed by atoms with van der Waals surface area (Å²) in [5.41, 5.74) is 5.64. The van der Waals surface area contributed by atoms with Gasteiger partial charge in [-0.1, -0.05) is 0 Å². The van der Waals surface area contributed by atoms with Gasteiger partial charge in [-0.3, -0.25) is 4.79 Å². The van der Waals surface area contributed by atoms with Gasteiger partial charge in [0.15, 0.2) is 0 Å². The molecule has 4 nitrogen and oxygen atoms in total. The highest BCUT2D eigenvalue weighted by molar-refractivity contribution is 5.81. The van der Waals surface area contributed by atoms with E-state index < -0.39 is 0 Å². The van der Waals surface area contributed by atoms with Gasteiger partial charge in [0, 0.05) is 18.7 Å². The van der Waals surface area contributed by atoms with Crippen molar-refractivity contribution in [3.63, 3.8) is 0 Å². The van der Waals surface area contributed by atoms with Gasteiger partial charge in [-0.15, -0.1) is 0 Å². The second kappa shape index (κ2) is 4.28. The lowest BCUT2D eigenvalue weighted by atomic mass is 9.87. The molecule has 80 valence electrons. The summed E-state index contributed by atoms with van der Waals surface area (Å²) < 4.78 is 5.39. The highest BCUT2D eigenvalue weighted by Gasteiger charge is 2.30. The van der Waals surface area contributed by atoms with Gasteiger partial charge in [0.05, 0.1) is 0 Å². The Labute approximate surface area is 84.2 Å². The number of nitrogens with two attached hydrogens (primary N) is 1. The summed E-state index contributed by atoms with van der Waals surface area (Å²) in [5.74, 6) is 0.0570. The maximum absolute atomic E-state index is 11.6. The molecule has 3 N–H and O–H groups in total. The summed E-state index contributed by atoms with van der Waals surface area (Å²) in [4.78, 5) is 11.6. The van der Waals surface area contributed by atoms with Crippen molar-refractivity contribution in [1.29, 1.82) is 0 Å². The maximum Gasteiger partial charge on any atom is 0.249 e. The van der Waals surface area contributed by atoms with Crippen LogP contribution in [-0.2, 0) is 9.53 Å². The lowest BCUT2D eigenvalue weighted by molar-refractivity contribution is -0.136. The van der Waals surface area contributed by atoms with Gasteiger partial charge < -0.3 is 15.8 Å². The zero-order valence-corrected chi connectivity index (χ0v) is 8.37. The first kappa shape index (κ1) is 9.93. The standard InChI is InChI=1S/C10H18N2O2/c11-7-5-8(6-7)12-10(13)9-3-1-2-4-14-9/h7-9H,1-6,11H2,(H,12,13). The molecule has 0 aromatic rings. The Morgan fingerprint density at radius 3 is 2.71 bits per heavy atom.